The lowest BCUT2D eigenvalue weighted by molar-refractivity contribution is 0.0763. The summed E-state index contributed by atoms with van der Waals surface area (Å²) in [5, 5.41) is 3.51. The molecule has 90 valence electrons. The molecule has 1 heterocycles. The third-order valence-corrected chi connectivity index (χ3v) is 3.79. The van der Waals surface area contributed by atoms with Gasteiger partial charge in [-0.1, -0.05) is 18.2 Å². The fraction of sp³-hybridized carbons (Fsp3) is 0.462. The Balaban J connectivity index is 1.75. The smallest absolute Gasteiger partial charge is 0.404 e. The summed E-state index contributed by atoms with van der Waals surface area (Å²) in [6.45, 7) is 0. The molecular weight excluding hydrogens is 216 g/mol. The molecule has 0 spiro atoms. The Morgan fingerprint density at radius 3 is 3.00 bits per heavy atom. The fourth-order valence-corrected chi connectivity index (χ4v) is 3.09. The molecule has 3 N–H and O–H groups in total. The number of ether oxygens (including phenoxy) is 1. The van der Waals surface area contributed by atoms with Gasteiger partial charge in [-0.2, -0.15) is 0 Å². The van der Waals surface area contributed by atoms with Crippen LogP contribution in [-0.2, 0) is 4.74 Å². The Morgan fingerprint density at radius 1 is 1.35 bits per heavy atom. The van der Waals surface area contributed by atoms with Crippen LogP contribution in [0, 0.1) is 0 Å². The van der Waals surface area contributed by atoms with Crippen molar-refractivity contribution in [2.45, 2.75) is 37.3 Å². The van der Waals surface area contributed by atoms with Crippen LogP contribution in [0.15, 0.2) is 24.3 Å². The van der Waals surface area contributed by atoms with Crippen LogP contribution in [0.1, 0.15) is 30.7 Å². The van der Waals surface area contributed by atoms with E-state index in [0.717, 1.165) is 19.3 Å². The van der Waals surface area contributed by atoms with Gasteiger partial charge in [0.25, 0.3) is 0 Å². The van der Waals surface area contributed by atoms with E-state index in [2.05, 4.69) is 23.5 Å². The first kappa shape index (κ1) is 10.4. The van der Waals surface area contributed by atoms with Crippen LogP contribution < -0.4 is 11.1 Å². The van der Waals surface area contributed by atoms with E-state index in [0.29, 0.717) is 12.0 Å². The Bertz CT molecular complexity index is 447. The van der Waals surface area contributed by atoms with Gasteiger partial charge in [0.15, 0.2) is 0 Å². The summed E-state index contributed by atoms with van der Waals surface area (Å²) in [5.41, 5.74) is 7.69. The minimum absolute atomic E-state index is 0.0319. The quantitative estimate of drug-likeness (QED) is 0.780. The first-order valence-corrected chi connectivity index (χ1v) is 6.05. The van der Waals surface area contributed by atoms with Crippen LogP contribution in [0.3, 0.4) is 0 Å². The van der Waals surface area contributed by atoms with Crippen molar-refractivity contribution in [2.24, 2.45) is 5.73 Å². The van der Waals surface area contributed by atoms with Crippen LogP contribution in [0.4, 0.5) is 10.5 Å². The number of para-hydroxylation sites is 1. The third kappa shape index (κ3) is 1.84. The molecule has 1 amide bonds. The molecule has 1 fully saturated rings. The number of rotatable bonds is 1. The minimum Gasteiger partial charge on any atom is -0.446 e. The average molecular weight is 232 g/mol. The van der Waals surface area contributed by atoms with Crippen LogP contribution >= 0.6 is 0 Å². The first-order chi connectivity index (χ1) is 8.24. The molecule has 3 unspecified atom stereocenters. The van der Waals surface area contributed by atoms with Crippen molar-refractivity contribution < 1.29 is 9.53 Å². The fourth-order valence-electron chi connectivity index (χ4n) is 3.09. The van der Waals surface area contributed by atoms with Gasteiger partial charge < -0.3 is 15.8 Å². The number of anilines is 1. The number of hydrogen-bond acceptors (Lipinski definition) is 3. The number of nitrogens with one attached hydrogen (secondary N) is 1. The van der Waals surface area contributed by atoms with E-state index < -0.39 is 6.09 Å². The highest BCUT2D eigenvalue weighted by molar-refractivity contribution is 5.65. The van der Waals surface area contributed by atoms with Crippen molar-refractivity contribution in [3.8, 4) is 0 Å². The molecule has 1 aliphatic carbocycles. The number of nitrogens with two attached hydrogens (primary N) is 1. The van der Waals surface area contributed by atoms with Gasteiger partial charge in [-0.25, -0.2) is 4.79 Å². The van der Waals surface area contributed by atoms with Gasteiger partial charge in [-0.05, 0) is 24.5 Å². The zero-order valence-corrected chi connectivity index (χ0v) is 9.56. The van der Waals surface area contributed by atoms with Crippen molar-refractivity contribution in [2.75, 3.05) is 5.32 Å². The van der Waals surface area contributed by atoms with E-state index >= 15 is 0 Å². The predicted octanol–water partition coefficient (Wildman–Crippen LogP) is 2.21. The maximum absolute atomic E-state index is 10.8. The summed E-state index contributed by atoms with van der Waals surface area (Å²) >= 11 is 0. The van der Waals surface area contributed by atoms with Gasteiger partial charge in [-0.3, -0.25) is 0 Å². The lowest BCUT2D eigenvalue weighted by atomic mass is 9.81. The number of benzene rings is 1. The summed E-state index contributed by atoms with van der Waals surface area (Å²) < 4.78 is 5.10. The molecule has 1 aromatic carbocycles. The predicted molar refractivity (Wildman–Crippen MR) is 64.9 cm³/mol. The standard InChI is InChI=1S/C13H16N2O2/c14-13(16)17-8-5-6-10-9-3-1-2-4-11(9)15-12(10)7-8/h1-4,8,10,12,15H,5-7H2,(H2,14,16). The minimum atomic E-state index is -0.663. The molecule has 2 aliphatic rings. The van der Waals surface area contributed by atoms with Gasteiger partial charge in [0.05, 0.1) is 0 Å². The largest absolute Gasteiger partial charge is 0.446 e. The molecule has 1 saturated carbocycles. The summed E-state index contributed by atoms with van der Waals surface area (Å²) in [6, 6.07) is 8.79. The van der Waals surface area contributed by atoms with Crippen LogP contribution in [0.25, 0.3) is 0 Å². The number of primary amides is 1. The van der Waals surface area contributed by atoms with Crippen LogP contribution in [0.2, 0.25) is 0 Å². The Labute approximate surface area is 100 Å². The second-order valence-electron chi connectivity index (χ2n) is 4.82. The molecule has 3 atom stereocenters. The average Bonchev–Trinajstić information content (AvgIpc) is 2.65. The van der Waals surface area contributed by atoms with E-state index in [-0.39, 0.29) is 6.10 Å². The van der Waals surface area contributed by atoms with Crippen LogP contribution in [0.5, 0.6) is 0 Å². The topological polar surface area (TPSA) is 64.4 Å². The summed E-state index contributed by atoms with van der Waals surface area (Å²) in [6.07, 6.45) is 2.11. The number of fused-ring (bicyclic) bond motifs is 3. The molecular formula is C13H16N2O2. The summed E-state index contributed by atoms with van der Waals surface area (Å²) in [7, 11) is 0. The number of amides is 1. The van der Waals surface area contributed by atoms with E-state index in [9.17, 15) is 4.79 Å². The van der Waals surface area contributed by atoms with Gasteiger partial charge in [0.1, 0.15) is 6.10 Å². The third-order valence-electron chi connectivity index (χ3n) is 3.79. The van der Waals surface area contributed by atoms with Gasteiger partial charge in [0.2, 0.25) is 0 Å². The summed E-state index contributed by atoms with van der Waals surface area (Å²) in [5.74, 6) is 0.555. The van der Waals surface area contributed by atoms with Gasteiger partial charge in [0, 0.05) is 24.1 Å². The van der Waals surface area contributed by atoms with Crippen molar-refractivity contribution in [1.29, 1.82) is 0 Å². The maximum atomic E-state index is 10.8. The van der Waals surface area contributed by atoms with Crippen molar-refractivity contribution in [3.63, 3.8) is 0 Å². The highest BCUT2D eigenvalue weighted by atomic mass is 16.6. The number of carbonyl (C=O) groups is 1. The first-order valence-electron chi connectivity index (χ1n) is 6.05. The van der Waals surface area contributed by atoms with Gasteiger partial charge in [-0.15, -0.1) is 0 Å². The molecule has 1 aromatic rings. The van der Waals surface area contributed by atoms with E-state index in [1.54, 1.807) is 0 Å². The van der Waals surface area contributed by atoms with Gasteiger partial charge >= 0.3 is 6.09 Å². The number of hydrogen-bond donors (Lipinski definition) is 2. The Hall–Kier alpha value is -1.71. The number of carbonyl (C=O) groups excluding carboxylic acids is 1. The normalized spacial score (nSPS) is 30.0. The van der Waals surface area contributed by atoms with Crippen molar-refractivity contribution in [1.82, 2.24) is 0 Å². The molecule has 4 heteroatoms. The second kappa shape index (κ2) is 3.95. The van der Waals surface area contributed by atoms with E-state index in [1.807, 2.05) is 6.07 Å². The molecule has 1 aliphatic heterocycles. The molecule has 4 nitrogen and oxygen atoms in total. The Morgan fingerprint density at radius 2 is 2.18 bits per heavy atom. The van der Waals surface area contributed by atoms with Crippen molar-refractivity contribution >= 4 is 11.8 Å². The molecule has 0 saturated heterocycles. The second-order valence-corrected chi connectivity index (χ2v) is 4.82. The monoisotopic (exact) mass is 232 g/mol. The zero-order chi connectivity index (χ0) is 11.8. The Kier molecular flexibility index (Phi) is 2.42. The highest BCUT2D eigenvalue weighted by Gasteiger charge is 2.38. The SMILES string of the molecule is NC(=O)OC1CCC2c3ccccc3NC2C1. The lowest BCUT2D eigenvalue weighted by Gasteiger charge is -2.31. The van der Waals surface area contributed by atoms with Crippen LogP contribution in [-0.4, -0.2) is 18.2 Å². The van der Waals surface area contributed by atoms with E-state index in [1.165, 1.54) is 11.3 Å². The molecule has 0 radical (unpaired) electrons. The summed E-state index contributed by atoms with van der Waals surface area (Å²) in [4.78, 5) is 10.8. The molecule has 3 rings (SSSR count). The molecule has 0 bridgehead atoms. The maximum Gasteiger partial charge on any atom is 0.404 e. The highest BCUT2D eigenvalue weighted by Crippen LogP contribution is 2.44. The van der Waals surface area contributed by atoms with Crippen molar-refractivity contribution in [3.05, 3.63) is 29.8 Å². The molecule has 17 heavy (non-hydrogen) atoms. The lowest BCUT2D eigenvalue weighted by Crippen LogP contribution is -2.35. The zero-order valence-electron chi connectivity index (χ0n) is 9.56. The molecule has 0 aromatic heterocycles. The van der Waals surface area contributed by atoms with E-state index in [4.69, 9.17) is 10.5 Å².